The van der Waals surface area contributed by atoms with Crippen LogP contribution in [-0.4, -0.2) is 36.2 Å². The van der Waals surface area contributed by atoms with E-state index < -0.39 is 5.97 Å². The predicted octanol–water partition coefficient (Wildman–Crippen LogP) is 2.11. The number of anilines is 1. The maximum absolute atomic E-state index is 11.9. The zero-order chi connectivity index (χ0) is 16.0. The average molecular weight is 294 g/mol. The Morgan fingerprint density at radius 3 is 2.48 bits per heavy atom. The van der Waals surface area contributed by atoms with Gasteiger partial charge in [0.2, 0.25) is 5.91 Å². The molecular weight excluding hydrogens is 272 g/mol. The maximum atomic E-state index is 11.9. The third-order valence-corrected chi connectivity index (χ3v) is 2.74. The normalized spacial score (nSPS) is 11.0. The molecule has 0 atom stereocenters. The Labute approximate surface area is 124 Å². The Morgan fingerprint density at radius 2 is 1.95 bits per heavy atom. The lowest BCUT2D eigenvalue weighted by atomic mass is 10.1. The molecule has 116 valence electrons. The molecule has 1 amide bonds. The van der Waals surface area contributed by atoms with Gasteiger partial charge < -0.3 is 20.5 Å². The van der Waals surface area contributed by atoms with Crippen LogP contribution in [0.5, 0.6) is 5.75 Å². The van der Waals surface area contributed by atoms with E-state index in [-0.39, 0.29) is 29.1 Å². The predicted molar refractivity (Wildman–Crippen MR) is 81.0 cm³/mol. The van der Waals surface area contributed by atoms with E-state index in [1.165, 1.54) is 19.2 Å². The Bertz CT molecular complexity index is 521. The van der Waals surface area contributed by atoms with Crippen LogP contribution in [0.2, 0.25) is 0 Å². The van der Waals surface area contributed by atoms with Crippen LogP contribution < -0.4 is 15.4 Å². The number of aromatic carboxylic acids is 1. The number of methoxy groups -OCH3 is 1. The average Bonchev–Trinajstić information content (AvgIpc) is 2.36. The van der Waals surface area contributed by atoms with E-state index in [0.29, 0.717) is 12.3 Å². The molecule has 0 spiro atoms. The molecule has 0 bridgehead atoms. The Balaban J connectivity index is 2.72. The van der Waals surface area contributed by atoms with Crippen molar-refractivity contribution in [2.45, 2.75) is 32.7 Å². The number of carbonyl (C=O) groups excluding carboxylic acids is 1. The first-order chi connectivity index (χ1) is 9.73. The van der Waals surface area contributed by atoms with Gasteiger partial charge in [0.25, 0.3) is 0 Å². The maximum Gasteiger partial charge on any atom is 0.337 e. The molecule has 1 rings (SSSR count). The highest BCUT2D eigenvalue weighted by Crippen LogP contribution is 2.22. The van der Waals surface area contributed by atoms with Crippen molar-refractivity contribution in [3.05, 3.63) is 23.8 Å². The van der Waals surface area contributed by atoms with Gasteiger partial charge in [-0.25, -0.2) is 4.79 Å². The van der Waals surface area contributed by atoms with Crippen LogP contribution >= 0.6 is 0 Å². The molecule has 0 aliphatic rings. The number of nitrogens with one attached hydrogen (secondary N) is 2. The van der Waals surface area contributed by atoms with Crippen molar-refractivity contribution in [3.63, 3.8) is 0 Å². The largest absolute Gasteiger partial charge is 0.497 e. The summed E-state index contributed by atoms with van der Waals surface area (Å²) in [6.07, 6.45) is 0.257. The first kappa shape index (κ1) is 17.0. The molecule has 0 aliphatic carbocycles. The SMILES string of the molecule is COc1ccc(C(=O)O)c(NC(=O)CCNC(C)(C)C)c1. The van der Waals surface area contributed by atoms with Gasteiger partial charge in [0, 0.05) is 24.6 Å². The van der Waals surface area contributed by atoms with E-state index in [9.17, 15) is 9.59 Å². The van der Waals surface area contributed by atoms with Crippen LogP contribution in [0.15, 0.2) is 18.2 Å². The van der Waals surface area contributed by atoms with Gasteiger partial charge in [-0.1, -0.05) is 0 Å². The highest BCUT2D eigenvalue weighted by atomic mass is 16.5. The van der Waals surface area contributed by atoms with Gasteiger partial charge in [-0.3, -0.25) is 4.79 Å². The van der Waals surface area contributed by atoms with Crippen molar-refractivity contribution < 1.29 is 19.4 Å². The Morgan fingerprint density at radius 1 is 1.29 bits per heavy atom. The number of benzene rings is 1. The van der Waals surface area contributed by atoms with E-state index >= 15 is 0 Å². The highest BCUT2D eigenvalue weighted by Gasteiger charge is 2.14. The van der Waals surface area contributed by atoms with E-state index in [0.717, 1.165) is 0 Å². The molecule has 0 saturated heterocycles. The third kappa shape index (κ3) is 5.83. The fourth-order valence-corrected chi connectivity index (χ4v) is 1.70. The van der Waals surface area contributed by atoms with Gasteiger partial charge in [-0.05, 0) is 32.9 Å². The van der Waals surface area contributed by atoms with Gasteiger partial charge in [0.15, 0.2) is 0 Å². The van der Waals surface area contributed by atoms with Gasteiger partial charge in [-0.15, -0.1) is 0 Å². The number of carboxylic acid groups (broad SMARTS) is 1. The molecule has 0 saturated carbocycles. The molecule has 0 unspecified atom stereocenters. The van der Waals surface area contributed by atoms with Crippen LogP contribution in [-0.2, 0) is 4.79 Å². The van der Waals surface area contributed by atoms with Crippen LogP contribution in [0.4, 0.5) is 5.69 Å². The molecule has 6 nitrogen and oxygen atoms in total. The second-order valence-electron chi connectivity index (χ2n) is 5.69. The number of carboxylic acids is 1. The lowest BCUT2D eigenvalue weighted by molar-refractivity contribution is -0.116. The van der Waals surface area contributed by atoms with Crippen LogP contribution in [0.3, 0.4) is 0 Å². The van der Waals surface area contributed by atoms with Crippen molar-refractivity contribution >= 4 is 17.6 Å². The van der Waals surface area contributed by atoms with E-state index in [1.807, 2.05) is 20.8 Å². The fraction of sp³-hybridized carbons (Fsp3) is 0.467. The smallest absolute Gasteiger partial charge is 0.337 e. The standard InChI is InChI=1S/C15H22N2O4/c1-15(2,3)16-8-7-13(18)17-12-9-10(21-4)5-6-11(12)14(19)20/h5-6,9,16H,7-8H2,1-4H3,(H,17,18)(H,19,20). The number of carbonyl (C=O) groups is 2. The minimum atomic E-state index is -1.10. The van der Waals surface area contributed by atoms with Crippen LogP contribution in [0.1, 0.15) is 37.6 Å². The minimum Gasteiger partial charge on any atom is -0.497 e. The summed E-state index contributed by atoms with van der Waals surface area (Å²) in [7, 11) is 1.48. The topological polar surface area (TPSA) is 87.7 Å². The summed E-state index contributed by atoms with van der Waals surface area (Å²) >= 11 is 0. The summed E-state index contributed by atoms with van der Waals surface area (Å²) in [5, 5.41) is 14.9. The summed E-state index contributed by atoms with van der Waals surface area (Å²) in [5.74, 6) is -0.855. The minimum absolute atomic E-state index is 0.0351. The highest BCUT2D eigenvalue weighted by molar-refractivity contribution is 6.00. The van der Waals surface area contributed by atoms with E-state index in [2.05, 4.69) is 10.6 Å². The Hall–Kier alpha value is -2.08. The summed E-state index contributed by atoms with van der Waals surface area (Å²) in [5.41, 5.74) is 0.207. The van der Waals surface area contributed by atoms with Gasteiger partial charge >= 0.3 is 5.97 Å². The molecule has 1 aromatic carbocycles. The molecule has 21 heavy (non-hydrogen) atoms. The molecule has 3 N–H and O–H groups in total. The van der Waals surface area contributed by atoms with E-state index in [1.54, 1.807) is 6.07 Å². The molecule has 6 heteroatoms. The number of amides is 1. The third-order valence-electron chi connectivity index (χ3n) is 2.74. The first-order valence-corrected chi connectivity index (χ1v) is 6.69. The van der Waals surface area contributed by atoms with Crippen LogP contribution in [0, 0.1) is 0 Å². The quantitative estimate of drug-likeness (QED) is 0.748. The van der Waals surface area contributed by atoms with Crippen molar-refractivity contribution in [1.29, 1.82) is 0 Å². The Kier molecular flexibility index (Phi) is 5.72. The number of hydrogen-bond donors (Lipinski definition) is 3. The van der Waals surface area contributed by atoms with E-state index in [4.69, 9.17) is 9.84 Å². The number of rotatable bonds is 6. The molecule has 0 aliphatic heterocycles. The monoisotopic (exact) mass is 294 g/mol. The van der Waals surface area contributed by atoms with Gasteiger partial charge in [0.05, 0.1) is 18.4 Å². The molecule has 1 aromatic rings. The molecular formula is C15H22N2O4. The second kappa shape index (κ2) is 7.08. The van der Waals surface area contributed by atoms with Crippen molar-refractivity contribution in [3.8, 4) is 5.75 Å². The zero-order valence-corrected chi connectivity index (χ0v) is 12.8. The zero-order valence-electron chi connectivity index (χ0n) is 12.8. The molecule has 0 heterocycles. The molecule has 0 aromatic heterocycles. The summed E-state index contributed by atoms with van der Waals surface area (Å²) in [6.45, 7) is 6.54. The molecule has 0 fully saturated rings. The number of hydrogen-bond acceptors (Lipinski definition) is 4. The summed E-state index contributed by atoms with van der Waals surface area (Å²) < 4.78 is 5.04. The fourth-order valence-electron chi connectivity index (χ4n) is 1.70. The second-order valence-corrected chi connectivity index (χ2v) is 5.69. The first-order valence-electron chi connectivity index (χ1n) is 6.69. The summed E-state index contributed by atoms with van der Waals surface area (Å²) in [6, 6.07) is 4.45. The van der Waals surface area contributed by atoms with Crippen molar-refractivity contribution in [1.82, 2.24) is 5.32 Å². The lowest BCUT2D eigenvalue weighted by Crippen LogP contribution is -2.37. The lowest BCUT2D eigenvalue weighted by Gasteiger charge is -2.20. The van der Waals surface area contributed by atoms with Crippen molar-refractivity contribution in [2.75, 3.05) is 19.0 Å². The van der Waals surface area contributed by atoms with Gasteiger partial charge in [-0.2, -0.15) is 0 Å². The van der Waals surface area contributed by atoms with Gasteiger partial charge in [0.1, 0.15) is 5.75 Å². The van der Waals surface area contributed by atoms with Crippen LogP contribution in [0.25, 0.3) is 0 Å². The van der Waals surface area contributed by atoms with Crippen molar-refractivity contribution in [2.24, 2.45) is 0 Å². The summed E-state index contributed by atoms with van der Waals surface area (Å²) in [4.78, 5) is 23.0. The molecule has 0 radical (unpaired) electrons. The number of ether oxygens (including phenoxy) is 1.